The van der Waals surface area contributed by atoms with Gasteiger partial charge in [-0.25, -0.2) is 17.5 Å². The fourth-order valence-corrected chi connectivity index (χ4v) is 5.20. The van der Waals surface area contributed by atoms with Gasteiger partial charge < -0.3 is 4.90 Å². The van der Waals surface area contributed by atoms with Crippen molar-refractivity contribution in [3.8, 4) is 11.1 Å². The van der Waals surface area contributed by atoms with Crippen LogP contribution in [0, 0.1) is 5.82 Å². The summed E-state index contributed by atoms with van der Waals surface area (Å²) in [5, 5.41) is 0. The standard InChI is InChI=1S/C28H34FN3O3S/c1-6-23-15-21(13-14-30-23)27-17-22(29)16-26(19(2)3)25(27)11-12-28(33)31-36(34,35)24-9-7-20(8-10-24)18-32(4)5/h7-10,13-17,19H,6,11-12,18H2,1-5H3,(H,31,33). The molecule has 0 unspecified atom stereocenters. The van der Waals surface area contributed by atoms with Crippen LogP contribution in [0.4, 0.5) is 4.39 Å². The first-order valence-corrected chi connectivity index (χ1v) is 13.6. The van der Waals surface area contributed by atoms with Gasteiger partial charge >= 0.3 is 0 Å². The SMILES string of the molecule is CCc1cc(-c2cc(F)cc(C(C)C)c2CCC(=O)NS(=O)(=O)c2ccc(CN(C)C)cc2)ccn1. The van der Waals surface area contributed by atoms with Crippen molar-refractivity contribution >= 4 is 15.9 Å². The Labute approximate surface area is 213 Å². The van der Waals surface area contributed by atoms with Gasteiger partial charge in [0, 0.05) is 24.9 Å². The molecule has 36 heavy (non-hydrogen) atoms. The van der Waals surface area contributed by atoms with E-state index < -0.39 is 15.9 Å². The summed E-state index contributed by atoms with van der Waals surface area (Å²) in [6.07, 6.45) is 2.66. The number of rotatable bonds is 10. The number of pyridine rings is 1. The van der Waals surface area contributed by atoms with Crippen LogP contribution in [-0.2, 0) is 34.2 Å². The lowest BCUT2D eigenvalue weighted by atomic mass is 9.87. The molecule has 6 nitrogen and oxygen atoms in total. The minimum Gasteiger partial charge on any atom is -0.305 e. The Morgan fingerprint density at radius 3 is 2.39 bits per heavy atom. The van der Waals surface area contributed by atoms with Crippen LogP contribution in [0.15, 0.2) is 59.6 Å². The molecule has 1 N–H and O–H groups in total. The second-order valence-corrected chi connectivity index (χ2v) is 11.2. The number of sulfonamides is 1. The first-order chi connectivity index (χ1) is 17.0. The van der Waals surface area contributed by atoms with Gasteiger partial charge in [0.1, 0.15) is 5.82 Å². The summed E-state index contributed by atoms with van der Waals surface area (Å²) in [7, 11) is -0.135. The van der Waals surface area contributed by atoms with E-state index in [4.69, 9.17) is 0 Å². The van der Waals surface area contributed by atoms with Crippen LogP contribution in [0.25, 0.3) is 11.1 Å². The fraction of sp³-hybridized carbons (Fsp3) is 0.357. The van der Waals surface area contributed by atoms with E-state index in [0.717, 1.165) is 34.4 Å². The zero-order valence-corrected chi connectivity index (χ0v) is 22.3. The van der Waals surface area contributed by atoms with E-state index >= 15 is 0 Å². The monoisotopic (exact) mass is 511 g/mol. The van der Waals surface area contributed by atoms with Crippen LogP contribution in [0.1, 0.15) is 55.5 Å². The molecule has 0 aliphatic carbocycles. The topological polar surface area (TPSA) is 79.4 Å². The summed E-state index contributed by atoms with van der Waals surface area (Å²) in [5.41, 5.74) is 5.01. The van der Waals surface area contributed by atoms with Gasteiger partial charge in [-0.2, -0.15) is 0 Å². The summed E-state index contributed by atoms with van der Waals surface area (Å²) >= 11 is 0. The van der Waals surface area contributed by atoms with E-state index in [9.17, 15) is 17.6 Å². The smallest absolute Gasteiger partial charge is 0.264 e. The third kappa shape index (κ3) is 6.98. The Hall–Kier alpha value is -3.10. The lowest BCUT2D eigenvalue weighted by Crippen LogP contribution is -2.30. The average Bonchev–Trinajstić information content (AvgIpc) is 2.82. The fourth-order valence-electron chi connectivity index (χ4n) is 4.19. The molecule has 0 bridgehead atoms. The third-order valence-corrected chi connectivity index (χ3v) is 7.33. The normalized spacial score (nSPS) is 11.8. The minimum absolute atomic E-state index is 0.0226. The van der Waals surface area contributed by atoms with Crippen molar-refractivity contribution < 1.29 is 17.6 Å². The number of halogens is 1. The number of amides is 1. The number of benzene rings is 2. The van der Waals surface area contributed by atoms with Gasteiger partial charge in [0.15, 0.2) is 0 Å². The molecule has 0 atom stereocenters. The van der Waals surface area contributed by atoms with E-state index in [-0.39, 0.29) is 29.5 Å². The Bertz CT molecular complexity index is 1320. The second kappa shape index (κ2) is 11.8. The predicted octanol–water partition coefficient (Wildman–Crippen LogP) is 5.07. The Morgan fingerprint density at radius 1 is 1.08 bits per heavy atom. The van der Waals surface area contributed by atoms with Gasteiger partial charge in [0.05, 0.1) is 4.90 Å². The lowest BCUT2D eigenvalue weighted by Gasteiger charge is -2.18. The number of hydrogen-bond donors (Lipinski definition) is 1. The minimum atomic E-state index is -4.00. The molecule has 0 saturated heterocycles. The molecule has 192 valence electrons. The number of aryl methyl sites for hydroxylation is 1. The maximum absolute atomic E-state index is 14.6. The Kier molecular flexibility index (Phi) is 8.98. The number of nitrogens with zero attached hydrogens (tertiary/aromatic N) is 2. The van der Waals surface area contributed by atoms with Crippen LogP contribution in [-0.4, -0.2) is 38.3 Å². The maximum Gasteiger partial charge on any atom is 0.264 e. The maximum atomic E-state index is 14.6. The highest BCUT2D eigenvalue weighted by Gasteiger charge is 2.20. The molecule has 8 heteroatoms. The molecule has 0 spiro atoms. The highest BCUT2D eigenvalue weighted by Crippen LogP contribution is 2.33. The molecule has 0 aliphatic rings. The first kappa shape index (κ1) is 27.5. The molecular weight excluding hydrogens is 477 g/mol. The van der Waals surface area contributed by atoms with Crippen LogP contribution in [0.2, 0.25) is 0 Å². The molecule has 0 fully saturated rings. The number of hydrogen-bond acceptors (Lipinski definition) is 5. The van der Waals surface area contributed by atoms with Gasteiger partial charge in [0.2, 0.25) is 5.91 Å². The molecule has 0 saturated carbocycles. The van der Waals surface area contributed by atoms with E-state index in [1.165, 1.54) is 24.3 Å². The van der Waals surface area contributed by atoms with Crippen molar-refractivity contribution in [2.45, 2.75) is 57.4 Å². The van der Waals surface area contributed by atoms with Gasteiger partial charge in [-0.3, -0.25) is 9.78 Å². The molecule has 0 aliphatic heterocycles. The second-order valence-electron chi connectivity index (χ2n) is 9.48. The molecule has 3 rings (SSSR count). The summed E-state index contributed by atoms with van der Waals surface area (Å²) in [4.78, 5) is 19.1. The first-order valence-electron chi connectivity index (χ1n) is 12.1. The van der Waals surface area contributed by atoms with Gasteiger partial charge in [-0.1, -0.05) is 32.9 Å². The van der Waals surface area contributed by atoms with Crippen molar-refractivity contribution in [3.05, 3.63) is 82.9 Å². The zero-order valence-electron chi connectivity index (χ0n) is 21.5. The van der Waals surface area contributed by atoms with Gasteiger partial charge in [0.25, 0.3) is 10.0 Å². The molecular formula is C28H34FN3O3S. The van der Waals surface area contributed by atoms with Gasteiger partial charge in [-0.05, 0) is 97.1 Å². The molecule has 0 radical (unpaired) electrons. The number of aromatic nitrogens is 1. The van der Waals surface area contributed by atoms with Crippen LogP contribution in [0.5, 0.6) is 0 Å². The summed E-state index contributed by atoms with van der Waals surface area (Å²) in [5.74, 6) is -0.937. The number of carbonyl (C=O) groups is 1. The summed E-state index contributed by atoms with van der Waals surface area (Å²) < 4.78 is 42.3. The molecule has 1 aromatic heterocycles. The predicted molar refractivity (Wildman–Crippen MR) is 141 cm³/mol. The van der Waals surface area contributed by atoms with Crippen molar-refractivity contribution in [1.29, 1.82) is 0 Å². The summed E-state index contributed by atoms with van der Waals surface area (Å²) in [6.45, 7) is 6.62. The van der Waals surface area contributed by atoms with Crippen molar-refractivity contribution in [1.82, 2.24) is 14.6 Å². The van der Waals surface area contributed by atoms with E-state index in [0.29, 0.717) is 12.1 Å². The quantitative estimate of drug-likeness (QED) is 0.411. The van der Waals surface area contributed by atoms with E-state index in [2.05, 4.69) is 9.71 Å². The van der Waals surface area contributed by atoms with Crippen LogP contribution < -0.4 is 4.72 Å². The molecule has 3 aromatic rings. The zero-order chi connectivity index (χ0) is 26.5. The lowest BCUT2D eigenvalue weighted by molar-refractivity contribution is -0.119. The molecule has 2 aromatic carbocycles. The largest absolute Gasteiger partial charge is 0.305 e. The van der Waals surface area contributed by atoms with Crippen molar-refractivity contribution in [3.63, 3.8) is 0 Å². The highest BCUT2D eigenvalue weighted by atomic mass is 32.2. The number of nitrogens with one attached hydrogen (secondary N) is 1. The average molecular weight is 512 g/mol. The van der Waals surface area contributed by atoms with E-state index in [1.807, 2.05) is 51.9 Å². The van der Waals surface area contributed by atoms with Crippen molar-refractivity contribution in [2.24, 2.45) is 0 Å². The Morgan fingerprint density at radius 2 is 1.78 bits per heavy atom. The molecule has 1 amide bonds. The molecule has 1 heterocycles. The van der Waals surface area contributed by atoms with Crippen LogP contribution >= 0.6 is 0 Å². The third-order valence-electron chi connectivity index (χ3n) is 5.94. The summed E-state index contributed by atoms with van der Waals surface area (Å²) in [6, 6.07) is 13.2. The highest BCUT2D eigenvalue weighted by molar-refractivity contribution is 7.90. The number of carbonyl (C=O) groups excluding carboxylic acids is 1. The van der Waals surface area contributed by atoms with Crippen molar-refractivity contribution in [2.75, 3.05) is 14.1 Å². The van der Waals surface area contributed by atoms with Crippen LogP contribution in [0.3, 0.4) is 0 Å². The van der Waals surface area contributed by atoms with E-state index in [1.54, 1.807) is 18.3 Å². The Balaban J connectivity index is 1.83. The van der Waals surface area contributed by atoms with Gasteiger partial charge in [-0.15, -0.1) is 0 Å².